The molecule has 136 valence electrons. The lowest BCUT2D eigenvalue weighted by Gasteiger charge is -2.16. The number of hydrogen-bond acceptors (Lipinski definition) is 6. The normalized spacial score (nSPS) is 11.8. The van der Waals surface area contributed by atoms with Gasteiger partial charge in [-0.2, -0.15) is 0 Å². The van der Waals surface area contributed by atoms with E-state index in [0.29, 0.717) is 27.0 Å². The molecule has 0 saturated heterocycles. The summed E-state index contributed by atoms with van der Waals surface area (Å²) in [6.07, 6.45) is 0. The van der Waals surface area contributed by atoms with Gasteiger partial charge in [0, 0.05) is 31.2 Å². The first-order valence-corrected chi connectivity index (χ1v) is 8.69. The second-order valence-electron chi connectivity index (χ2n) is 5.14. The van der Waals surface area contributed by atoms with Crippen molar-refractivity contribution in [2.75, 3.05) is 34.9 Å². The summed E-state index contributed by atoms with van der Waals surface area (Å²) < 4.78 is 39.4. The van der Waals surface area contributed by atoms with E-state index in [9.17, 15) is 4.21 Å². The number of hydrogen-bond donors (Lipinski definition) is 0. The van der Waals surface area contributed by atoms with Crippen LogP contribution in [0.2, 0.25) is 0 Å². The van der Waals surface area contributed by atoms with Crippen molar-refractivity contribution in [1.82, 2.24) is 0 Å². The first kappa shape index (κ1) is 19.2. The molecule has 2 aromatic rings. The average Bonchev–Trinajstić information content (AvgIpc) is 2.64. The van der Waals surface area contributed by atoms with Crippen LogP contribution < -0.4 is 14.2 Å². The summed E-state index contributed by atoms with van der Waals surface area (Å²) in [6, 6.07) is 10.8. The van der Waals surface area contributed by atoms with Gasteiger partial charge in [-0.25, -0.2) is 4.21 Å². The zero-order valence-electron chi connectivity index (χ0n) is 14.7. The molecule has 7 heteroatoms. The number of ether oxygens (including phenoxy) is 5. The highest BCUT2D eigenvalue weighted by atomic mass is 32.2. The lowest BCUT2D eigenvalue weighted by atomic mass is 10.2. The Labute approximate surface area is 150 Å². The molecule has 0 amide bonds. The quantitative estimate of drug-likeness (QED) is 0.636. The Morgan fingerprint density at radius 1 is 0.920 bits per heavy atom. The summed E-state index contributed by atoms with van der Waals surface area (Å²) in [4.78, 5) is 1.09. The van der Waals surface area contributed by atoms with Gasteiger partial charge in [0.05, 0.1) is 22.8 Å². The second kappa shape index (κ2) is 9.41. The van der Waals surface area contributed by atoms with Gasteiger partial charge in [-0.3, -0.25) is 0 Å². The standard InChI is InChI=1S/C18H22O6S/c1-13-5-7-15(8-6-13)25(19)17-10-14(23-11-20-2)9-16(22-4)18(17)24-12-21-3/h5-10H,11-12H2,1-4H3/t25-/m0/s1. The summed E-state index contributed by atoms with van der Waals surface area (Å²) >= 11 is 0. The molecule has 0 aliphatic heterocycles. The highest BCUT2D eigenvalue weighted by Gasteiger charge is 2.20. The molecular formula is C18H22O6S. The molecule has 0 aliphatic rings. The van der Waals surface area contributed by atoms with Crippen LogP contribution in [0.15, 0.2) is 46.2 Å². The molecule has 0 N–H and O–H groups in total. The van der Waals surface area contributed by atoms with Crippen LogP contribution in [0.5, 0.6) is 17.2 Å². The molecule has 25 heavy (non-hydrogen) atoms. The Balaban J connectivity index is 2.49. The third-order valence-corrected chi connectivity index (χ3v) is 4.72. The van der Waals surface area contributed by atoms with Crippen molar-refractivity contribution in [1.29, 1.82) is 0 Å². The van der Waals surface area contributed by atoms with E-state index >= 15 is 0 Å². The molecule has 0 saturated carbocycles. The van der Waals surface area contributed by atoms with Crippen molar-refractivity contribution in [3.8, 4) is 17.2 Å². The SMILES string of the molecule is COCOc1cc(OC)c(OCOC)c([S@@](=O)c2ccc(C)cc2)c1. The maximum atomic E-state index is 13.1. The van der Waals surface area contributed by atoms with E-state index in [-0.39, 0.29) is 13.6 Å². The van der Waals surface area contributed by atoms with E-state index in [1.807, 2.05) is 31.2 Å². The lowest BCUT2D eigenvalue weighted by molar-refractivity contribution is 0.0446. The number of methoxy groups -OCH3 is 3. The van der Waals surface area contributed by atoms with Crippen LogP contribution in [-0.4, -0.2) is 39.1 Å². The largest absolute Gasteiger partial charge is 0.493 e. The van der Waals surface area contributed by atoms with Gasteiger partial charge in [0.15, 0.2) is 25.1 Å². The first-order valence-electron chi connectivity index (χ1n) is 7.54. The smallest absolute Gasteiger partial charge is 0.188 e. The van der Waals surface area contributed by atoms with Crippen LogP contribution in [0.1, 0.15) is 5.56 Å². The van der Waals surface area contributed by atoms with Gasteiger partial charge in [-0.15, -0.1) is 0 Å². The van der Waals surface area contributed by atoms with Crippen LogP contribution in [0, 0.1) is 6.92 Å². The van der Waals surface area contributed by atoms with Gasteiger partial charge in [0.2, 0.25) is 0 Å². The van der Waals surface area contributed by atoms with Crippen LogP contribution in [0.3, 0.4) is 0 Å². The van der Waals surface area contributed by atoms with E-state index in [1.165, 1.54) is 21.3 Å². The Morgan fingerprint density at radius 2 is 1.56 bits per heavy atom. The molecular weight excluding hydrogens is 344 g/mol. The van der Waals surface area contributed by atoms with E-state index < -0.39 is 10.8 Å². The third-order valence-electron chi connectivity index (χ3n) is 3.31. The highest BCUT2D eigenvalue weighted by Crippen LogP contribution is 2.39. The van der Waals surface area contributed by atoms with E-state index in [4.69, 9.17) is 23.7 Å². The molecule has 1 atom stereocenters. The van der Waals surface area contributed by atoms with Gasteiger partial charge in [0.25, 0.3) is 0 Å². The molecule has 2 aromatic carbocycles. The Kier molecular flexibility index (Phi) is 7.24. The Bertz CT molecular complexity index is 714. The van der Waals surface area contributed by atoms with E-state index in [2.05, 4.69) is 0 Å². The maximum Gasteiger partial charge on any atom is 0.188 e. The van der Waals surface area contributed by atoms with Crippen molar-refractivity contribution >= 4 is 10.8 Å². The Morgan fingerprint density at radius 3 is 2.16 bits per heavy atom. The third kappa shape index (κ3) is 4.94. The fourth-order valence-corrected chi connectivity index (χ4v) is 3.29. The minimum atomic E-state index is -1.48. The van der Waals surface area contributed by atoms with Crippen molar-refractivity contribution in [2.24, 2.45) is 0 Å². The van der Waals surface area contributed by atoms with Crippen molar-refractivity contribution in [3.05, 3.63) is 42.0 Å². The molecule has 6 nitrogen and oxygen atoms in total. The fraction of sp³-hybridized carbons (Fsp3) is 0.333. The molecule has 0 unspecified atom stereocenters. The lowest BCUT2D eigenvalue weighted by Crippen LogP contribution is -2.07. The van der Waals surface area contributed by atoms with Crippen molar-refractivity contribution in [3.63, 3.8) is 0 Å². The summed E-state index contributed by atoms with van der Waals surface area (Å²) in [5.74, 6) is 1.23. The zero-order chi connectivity index (χ0) is 18.2. The number of aryl methyl sites for hydroxylation is 1. The molecule has 0 aromatic heterocycles. The molecule has 0 fully saturated rings. The van der Waals surface area contributed by atoms with Crippen LogP contribution in [0.4, 0.5) is 0 Å². The predicted molar refractivity (Wildman–Crippen MR) is 93.9 cm³/mol. The van der Waals surface area contributed by atoms with Gasteiger partial charge >= 0.3 is 0 Å². The summed E-state index contributed by atoms with van der Waals surface area (Å²) in [6.45, 7) is 2.05. The molecule has 0 bridgehead atoms. The predicted octanol–water partition coefficient (Wildman–Crippen LogP) is 3.14. The molecule has 0 spiro atoms. The van der Waals surface area contributed by atoms with Crippen LogP contribution in [-0.2, 0) is 20.3 Å². The number of rotatable bonds is 9. The van der Waals surface area contributed by atoms with E-state index in [1.54, 1.807) is 12.1 Å². The monoisotopic (exact) mass is 366 g/mol. The van der Waals surface area contributed by atoms with Gasteiger partial charge in [-0.05, 0) is 19.1 Å². The minimum absolute atomic E-state index is 0.00668. The average molecular weight is 366 g/mol. The summed E-state index contributed by atoms with van der Waals surface area (Å²) in [5, 5.41) is 0. The molecule has 0 radical (unpaired) electrons. The molecule has 0 heterocycles. The number of benzene rings is 2. The van der Waals surface area contributed by atoms with Gasteiger partial charge in [0.1, 0.15) is 5.75 Å². The maximum absolute atomic E-state index is 13.1. The second-order valence-corrected chi connectivity index (χ2v) is 6.58. The first-order chi connectivity index (χ1) is 12.1. The molecule has 2 rings (SSSR count). The van der Waals surface area contributed by atoms with Crippen LogP contribution >= 0.6 is 0 Å². The van der Waals surface area contributed by atoms with E-state index in [0.717, 1.165) is 5.56 Å². The van der Waals surface area contributed by atoms with Crippen LogP contribution in [0.25, 0.3) is 0 Å². The molecule has 0 aliphatic carbocycles. The minimum Gasteiger partial charge on any atom is -0.493 e. The van der Waals surface area contributed by atoms with Crippen molar-refractivity contribution in [2.45, 2.75) is 16.7 Å². The summed E-state index contributed by atoms with van der Waals surface area (Å²) in [5.41, 5.74) is 1.09. The van der Waals surface area contributed by atoms with Crippen molar-refractivity contribution < 1.29 is 27.9 Å². The topological polar surface area (TPSA) is 63.2 Å². The van der Waals surface area contributed by atoms with Gasteiger partial charge in [-0.1, -0.05) is 17.7 Å². The zero-order valence-corrected chi connectivity index (χ0v) is 15.6. The highest BCUT2D eigenvalue weighted by molar-refractivity contribution is 7.85. The van der Waals surface area contributed by atoms with Gasteiger partial charge < -0.3 is 23.7 Å². The summed E-state index contributed by atoms with van der Waals surface area (Å²) in [7, 11) is 3.07. The fourth-order valence-electron chi connectivity index (χ4n) is 2.10. The Hall–Kier alpha value is -2.09.